The van der Waals surface area contributed by atoms with Crippen LogP contribution in [0.3, 0.4) is 0 Å². The maximum atomic E-state index is 2.63. The quantitative estimate of drug-likeness (QED) is 0.444. The van der Waals surface area contributed by atoms with E-state index in [4.69, 9.17) is 0 Å². The highest BCUT2D eigenvalue weighted by Crippen LogP contribution is 2.53. The molecule has 0 nitrogen and oxygen atoms in total. The predicted molar refractivity (Wildman–Crippen MR) is 123 cm³/mol. The summed E-state index contributed by atoms with van der Waals surface area (Å²) in [5.41, 5.74) is 7.59. The molecule has 146 valence electrons. The minimum absolute atomic E-state index is 0.312. The van der Waals surface area contributed by atoms with E-state index in [0.717, 1.165) is 5.92 Å². The van der Waals surface area contributed by atoms with E-state index in [1.54, 1.807) is 11.1 Å². The normalized spacial score (nSPS) is 25.6. The van der Waals surface area contributed by atoms with Crippen molar-refractivity contribution in [3.63, 3.8) is 0 Å². The maximum Gasteiger partial charge on any atom is -0.00386 e. The molecule has 5 rings (SSSR count). The number of allylic oxidation sites excluding steroid dienone is 1. The van der Waals surface area contributed by atoms with E-state index in [1.807, 2.05) is 0 Å². The fourth-order valence-corrected chi connectivity index (χ4v) is 6.05. The van der Waals surface area contributed by atoms with E-state index < -0.39 is 0 Å². The van der Waals surface area contributed by atoms with Crippen molar-refractivity contribution in [2.24, 2.45) is 11.8 Å². The molecule has 0 bridgehead atoms. The number of hydrogen-bond acceptors (Lipinski definition) is 0. The van der Waals surface area contributed by atoms with Crippen molar-refractivity contribution in [1.29, 1.82) is 0 Å². The summed E-state index contributed by atoms with van der Waals surface area (Å²) in [5, 5.41) is 0. The first-order valence-corrected chi connectivity index (χ1v) is 11.2. The van der Waals surface area contributed by atoms with E-state index in [2.05, 4.69) is 97.9 Å². The molecule has 2 aliphatic rings. The Hall–Kier alpha value is -2.60. The van der Waals surface area contributed by atoms with E-state index in [1.165, 1.54) is 48.8 Å². The molecule has 0 spiro atoms. The van der Waals surface area contributed by atoms with Crippen molar-refractivity contribution in [2.75, 3.05) is 0 Å². The molecular formula is C29H30. The third kappa shape index (κ3) is 3.35. The van der Waals surface area contributed by atoms with Gasteiger partial charge in [-0.15, -0.1) is 0 Å². The lowest BCUT2D eigenvalue weighted by atomic mass is 9.54. The number of hydrogen-bond donors (Lipinski definition) is 0. The molecule has 3 atom stereocenters. The van der Waals surface area contributed by atoms with E-state index in [9.17, 15) is 0 Å². The Morgan fingerprint density at radius 3 is 2.10 bits per heavy atom. The SMILES string of the molecule is C[C@@]12CCC[C@H](C=C(c3ccccc3)c3ccccc3)[C@H]1CCc1ccccc12. The van der Waals surface area contributed by atoms with Crippen molar-refractivity contribution in [3.8, 4) is 0 Å². The van der Waals surface area contributed by atoms with Gasteiger partial charge >= 0.3 is 0 Å². The molecule has 2 aliphatic carbocycles. The Kier molecular flexibility index (Phi) is 4.87. The smallest absolute Gasteiger partial charge is 0.00386 e. The summed E-state index contributed by atoms with van der Waals surface area (Å²) in [4.78, 5) is 0. The molecule has 1 saturated carbocycles. The second-order valence-electron chi connectivity index (χ2n) is 9.09. The lowest BCUT2D eigenvalue weighted by Gasteiger charge is -2.50. The molecule has 0 saturated heterocycles. The largest absolute Gasteiger partial charge is 0.0726 e. The molecule has 0 unspecified atom stereocenters. The highest BCUT2D eigenvalue weighted by atomic mass is 14.5. The zero-order valence-electron chi connectivity index (χ0n) is 17.4. The van der Waals surface area contributed by atoms with Crippen LogP contribution in [0.2, 0.25) is 0 Å². The summed E-state index contributed by atoms with van der Waals surface area (Å²) in [5.74, 6) is 1.37. The highest BCUT2D eigenvalue weighted by molar-refractivity contribution is 5.80. The molecule has 1 fully saturated rings. The summed E-state index contributed by atoms with van der Waals surface area (Å²) in [6.07, 6.45) is 9.12. The zero-order valence-corrected chi connectivity index (χ0v) is 17.4. The second kappa shape index (κ2) is 7.67. The molecule has 0 amide bonds. The Bertz CT molecular complexity index is 957. The number of rotatable bonds is 3. The third-order valence-corrected chi connectivity index (χ3v) is 7.48. The van der Waals surface area contributed by atoms with Crippen LogP contribution < -0.4 is 0 Å². The van der Waals surface area contributed by atoms with Gasteiger partial charge in [-0.05, 0) is 70.8 Å². The van der Waals surface area contributed by atoms with Crippen molar-refractivity contribution < 1.29 is 0 Å². The number of benzene rings is 3. The molecule has 3 aromatic rings. The van der Waals surface area contributed by atoms with Gasteiger partial charge in [-0.2, -0.15) is 0 Å². The summed E-state index contributed by atoms with van der Waals surface area (Å²) in [6, 6.07) is 31.1. The minimum atomic E-state index is 0.312. The Labute approximate surface area is 175 Å². The van der Waals surface area contributed by atoms with Crippen LogP contribution in [0.4, 0.5) is 0 Å². The fraction of sp³-hybridized carbons (Fsp3) is 0.310. The summed E-state index contributed by atoms with van der Waals surface area (Å²) < 4.78 is 0. The van der Waals surface area contributed by atoms with Gasteiger partial charge in [0.1, 0.15) is 0 Å². The highest BCUT2D eigenvalue weighted by Gasteiger charge is 2.45. The lowest BCUT2D eigenvalue weighted by Crippen LogP contribution is -2.43. The molecule has 0 N–H and O–H groups in total. The van der Waals surface area contributed by atoms with E-state index >= 15 is 0 Å². The van der Waals surface area contributed by atoms with Gasteiger partial charge in [-0.25, -0.2) is 0 Å². The van der Waals surface area contributed by atoms with Crippen LogP contribution in [-0.2, 0) is 11.8 Å². The van der Waals surface area contributed by atoms with Gasteiger partial charge in [0.2, 0.25) is 0 Å². The summed E-state index contributed by atoms with van der Waals surface area (Å²) in [6.45, 7) is 2.54. The number of aryl methyl sites for hydroxylation is 1. The fourth-order valence-electron chi connectivity index (χ4n) is 6.05. The summed E-state index contributed by atoms with van der Waals surface area (Å²) >= 11 is 0. The van der Waals surface area contributed by atoms with Gasteiger partial charge in [0.25, 0.3) is 0 Å². The average molecular weight is 379 g/mol. The molecule has 0 radical (unpaired) electrons. The van der Waals surface area contributed by atoms with Gasteiger partial charge in [0.15, 0.2) is 0 Å². The first kappa shape index (κ1) is 18.4. The maximum absolute atomic E-state index is 2.63. The molecule has 3 aromatic carbocycles. The van der Waals surface area contributed by atoms with Crippen molar-refractivity contribution in [1.82, 2.24) is 0 Å². The monoisotopic (exact) mass is 378 g/mol. The zero-order chi connectivity index (χ0) is 19.7. The van der Waals surface area contributed by atoms with Crippen LogP contribution in [-0.4, -0.2) is 0 Å². The second-order valence-corrected chi connectivity index (χ2v) is 9.09. The lowest BCUT2D eigenvalue weighted by molar-refractivity contribution is 0.134. The van der Waals surface area contributed by atoms with Gasteiger partial charge in [0, 0.05) is 0 Å². The van der Waals surface area contributed by atoms with Gasteiger partial charge in [0.05, 0.1) is 0 Å². The van der Waals surface area contributed by atoms with Gasteiger partial charge < -0.3 is 0 Å². The van der Waals surface area contributed by atoms with Crippen LogP contribution in [0.5, 0.6) is 0 Å². The predicted octanol–water partition coefficient (Wildman–Crippen LogP) is 7.44. The molecule has 0 aliphatic heterocycles. The standard InChI is InChI=1S/C29H30/c1-29-20-10-16-25(28(29)19-18-24-15-8-9-17-27(24)29)21-26(22-11-4-2-5-12-22)23-13-6-3-7-14-23/h2-9,11-15,17,21,25,28H,10,16,18-20H2,1H3/t25-,28-,29+/m1/s1. The van der Waals surface area contributed by atoms with Crippen LogP contribution in [0, 0.1) is 11.8 Å². The third-order valence-electron chi connectivity index (χ3n) is 7.48. The average Bonchev–Trinajstić information content (AvgIpc) is 2.78. The Morgan fingerprint density at radius 2 is 1.41 bits per heavy atom. The van der Waals surface area contributed by atoms with Crippen LogP contribution in [0.15, 0.2) is 91.0 Å². The van der Waals surface area contributed by atoms with Crippen LogP contribution in [0.1, 0.15) is 54.9 Å². The Balaban J connectivity index is 1.58. The minimum Gasteiger partial charge on any atom is -0.0726 e. The van der Waals surface area contributed by atoms with Crippen LogP contribution in [0.25, 0.3) is 5.57 Å². The van der Waals surface area contributed by atoms with Crippen molar-refractivity contribution >= 4 is 5.57 Å². The van der Waals surface area contributed by atoms with Crippen molar-refractivity contribution in [3.05, 3.63) is 113 Å². The Morgan fingerprint density at radius 1 is 0.793 bits per heavy atom. The first-order valence-electron chi connectivity index (χ1n) is 11.2. The first-order chi connectivity index (χ1) is 14.3. The van der Waals surface area contributed by atoms with Crippen molar-refractivity contribution in [2.45, 2.75) is 44.4 Å². The molecule has 0 aromatic heterocycles. The molecule has 0 heteroatoms. The molecular weight excluding hydrogens is 348 g/mol. The van der Waals surface area contributed by atoms with E-state index in [-0.39, 0.29) is 0 Å². The molecule has 29 heavy (non-hydrogen) atoms. The molecule has 0 heterocycles. The van der Waals surface area contributed by atoms with E-state index in [0.29, 0.717) is 11.3 Å². The van der Waals surface area contributed by atoms with Gasteiger partial charge in [-0.1, -0.05) is 104 Å². The summed E-state index contributed by atoms with van der Waals surface area (Å²) in [7, 11) is 0. The number of fused-ring (bicyclic) bond motifs is 3. The van der Waals surface area contributed by atoms with Crippen LogP contribution >= 0.6 is 0 Å². The topological polar surface area (TPSA) is 0 Å². The van der Waals surface area contributed by atoms with Gasteiger partial charge in [-0.3, -0.25) is 0 Å².